The molecule has 2 aromatic rings. The first kappa shape index (κ1) is 20.0. The molecule has 27 heavy (non-hydrogen) atoms. The normalized spacial score (nSPS) is 18.7. The highest BCUT2D eigenvalue weighted by Crippen LogP contribution is 2.31. The Balaban J connectivity index is 1.80. The monoisotopic (exact) mass is 441 g/mol. The minimum absolute atomic E-state index is 0.0773. The van der Waals surface area contributed by atoms with E-state index < -0.39 is 5.25 Å². The zero-order valence-electron chi connectivity index (χ0n) is 14.1. The minimum atomic E-state index is -0.603. The van der Waals surface area contributed by atoms with E-state index >= 15 is 0 Å². The van der Waals surface area contributed by atoms with Gasteiger partial charge in [0.2, 0.25) is 11.8 Å². The van der Waals surface area contributed by atoms with Crippen molar-refractivity contribution in [3.63, 3.8) is 0 Å². The minimum Gasteiger partial charge on any atom is -0.325 e. The lowest BCUT2D eigenvalue weighted by Gasteiger charge is -2.28. The molecular formula is C18H14Cl3N3O2S. The molecular weight excluding hydrogens is 429 g/mol. The van der Waals surface area contributed by atoms with Crippen LogP contribution in [0, 0.1) is 0 Å². The number of hydrogen-bond acceptors (Lipinski definition) is 4. The lowest BCUT2D eigenvalue weighted by atomic mass is 10.2. The van der Waals surface area contributed by atoms with Crippen LogP contribution in [-0.4, -0.2) is 34.2 Å². The van der Waals surface area contributed by atoms with Crippen molar-refractivity contribution in [3.8, 4) is 0 Å². The molecule has 0 saturated carbocycles. The summed E-state index contributed by atoms with van der Waals surface area (Å²) >= 11 is 19.1. The predicted octanol–water partition coefficient (Wildman–Crippen LogP) is 5.24. The van der Waals surface area contributed by atoms with Crippen molar-refractivity contribution in [2.45, 2.75) is 11.7 Å². The predicted molar refractivity (Wildman–Crippen MR) is 112 cm³/mol. The summed E-state index contributed by atoms with van der Waals surface area (Å²) in [5, 5.41) is 3.89. The van der Waals surface area contributed by atoms with E-state index in [9.17, 15) is 9.59 Å². The van der Waals surface area contributed by atoms with Crippen LogP contribution < -0.4 is 5.32 Å². The fraction of sp³-hybridized carbons (Fsp3) is 0.167. The number of halogens is 3. The van der Waals surface area contributed by atoms with E-state index in [-0.39, 0.29) is 18.2 Å². The molecule has 1 aliphatic heterocycles. The second kappa shape index (κ2) is 8.52. The highest BCUT2D eigenvalue weighted by atomic mass is 35.5. The number of carbonyl (C=O) groups is 2. The van der Waals surface area contributed by atoms with Crippen LogP contribution in [0.3, 0.4) is 0 Å². The zero-order valence-corrected chi connectivity index (χ0v) is 17.2. The molecule has 0 radical (unpaired) electrons. The number of nitrogens with one attached hydrogen (secondary N) is 1. The largest absolute Gasteiger partial charge is 0.325 e. The van der Waals surface area contributed by atoms with Gasteiger partial charge >= 0.3 is 0 Å². The molecule has 5 nitrogen and oxygen atoms in total. The Morgan fingerprint density at radius 2 is 1.96 bits per heavy atom. The lowest BCUT2D eigenvalue weighted by Crippen LogP contribution is -2.43. The van der Waals surface area contributed by atoms with Gasteiger partial charge < -0.3 is 5.32 Å². The van der Waals surface area contributed by atoms with Crippen molar-refractivity contribution in [3.05, 3.63) is 57.5 Å². The van der Waals surface area contributed by atoms with Gasteiger partial charge in [0, 0.05) is 24.2 Å². The Bertz CT molecular complexity index is 936. The molecule has 1 fully saturated rings. The number of anilines is 1. The van der Waals surface area contributed by atoms with Gasteiger partial charge in [0.15, 0.2) is 5.17 Å². The van der Waals surface area contributed by atoms with Gasteiger partial charge in [-0.3, -0.25) is 14.5 Å². The molecule has 3 rings (SSSR count). The number of benzene rings is 2. The van der Waals surface area contributed by atoms with Crippen LogP contribution in [0.5, 0.6) is 0 Å². The van der Waals surface area contributed by atoms with Crippen molar-refractivity contribution < 1.29 is 9.59 Å². The van der Waals surface area contributed by atoms with Gasteiger partial charge in [-0.1, -0.05) is 52.6 Å². The quantitative estimate of drug-likeness (QED) is 0.707. The van der Waals surface area contributed by atoms with Crippen LogP contribution in [0.1, 0.15) is 6.42 Å². The summed E-state index contributed by atoms with van der Waals surface area (Å²) in [6, 6.07) is 11.7. The maximum atomic E-state index is 12.6. The van der Waals surface area contributed by atoms with E-state index in [1.807, 2.05) is 0 Å². The summed E-state index contributed by atoms with van der Waals surface area (Å²) in [5.41, 5.74) is 1.12. The summed E-state index contributed by atoms with van der Waals surface area (Å²) in [6.45, 7) is 0. The molecule has 2 amide bonds. The fourth-order valence-corrected chi connectivity index (χ4v) is 3.90. The summed E-state index contributed by atoms with van der Waals surface area (Å²) in [5.74, 6) is -0.482. The number of amides is 2. The van der Waals surface area contributed by atoms with E-state index in [4.69, 9.17) is 34.8 Å². The lowest BCUT2D eigenvalue weighted by molar-refractivity contribution is -0.128. The summed E-state index contributed by atoms with van der Waals surface area (Å²) in [6.07, 6.45) is 0.0773. The average molecular weight is 443 g/mol. The van der Waals surface area contributed by atoms with E-state index in [0.29, 0.717) is 31.6 Å². The van der Waals surface area contributed by atoms with E-state index in [1.54, 1.807) is 49.5 Å². The molecule has 0 spiro atoms. The van der Waals surface area contributed by atoms with Crippen molar-refractivity contribution >= 4 is 74.9 Å². The topological polar surface area (TPSA) is 61.8 Å². The maximum absolute atomic E-state index is 12.6. The molecule has 2 aromatic carbocycles. The standard InChI is InChI=1S/C18H14Cl3N3O2S/c1-24-16(25)9-15(17(26)22-11-4-2-3-10(19)7-11)27-18(24)23-12-5-6-13(20)14(21)8-12/h2-8,15H,9H2,1H3,(H,22,26). The number of rotatable bonds is 3. The summed E-state index contributed by atoms with van der Waals surface area (Å²) in [7, 11) is 1.62. The first-order valence-electron chi connectivity index (χ1n) is 7.87. The van der Waals surface area contributed by atoms with E-state index in [1.165, 1.54) is 16.7 Å². The van der Waals surface area contributed by atoms with Gasteiger partial charge in [-0.25, -0.2) is 4.99 Å². The van der Waals surface area contributed by atoms with Gasteiger partial charge in [-0.2, -0.15) is 0 Å². The molecule has 0 bridgehead atoms. The molecule has 0 aliphatic carbocycles. The molecule has 9 heteroatoms. The fourth-order valence-electron chi connectivity index (χ4n) is 2.35. The van der Waals surface area contributed by atoms with Crippen molar-refractivity contribution in [1.82, 2.24) is 4.90 Å². The van der Waals surface area contributed by atoms with Crippen molar-refractivity contribution in [2.75, 3.05) is 12.4 Å². The molecule has 1 aliphatic rings. The molecule has 1 saturated heterocycles. The Kier molecular flexibility index (Phi) is 6.32. The molecule has 1 unspecified atom stereocenters. The SMILES string of the molecule is CN1C(=O)CC(C(=O)Nc2cccc(Cl)c2)SC1=Nc1ccc(Cl)c(Cl)c1. The molecule has 1 atom stereocenters. The van der Waals surface area contributed by atoms with Crippen LogP contribution in [0.4, 0.5) is 11.4 Å². The second-order valence-electron chi connectivity index (χ2n) is 5.76. The number of carbonyl (C=O) groups excluding carboxylic acids is 2. The molecule has 1 heterocycles. The first-order chi connectivity index (χ1) is 12.8. The number of thioether (sulfide) groups is 1. The van der Waals surface area contributed by atoms with Gasteiger partial charge in [0.05, 0.1) is 15.7 Å². The highest BCUT2D eigenvalue weighted by Gasteiger charge is 2.34. The Morgan fingerprint density at radius 3 is 2.67 bits per heavy atom. The van der Waals surface area contributed by atoms with Crippen molar-refractivity contribution in [2.24, 2.45) is 4.99 Å². The van der Waals surface area contributed by atoms with Crippen LogP contribution >= 0.6 is 46.6 Å². The zero-order chi connectivity index (χ0) is 19.6. The average Bonchev–Trinajstić information content (AvgIpc) is 2.62. The van der Waals surface area contributed by atoms with E-state index in [0.717, 1.165) is 0 Å². The van der Waals surface area contributed by atoms with Crippen LogP contribution in [0.15, 0.2) is 47.5 Å². The third-order valence-corrected chi connectivity index (χ3v) is 6.00. The van der Waals surface area contributed by atoms with Crippen LogP contribution in [-0.2, 0) is 9.59 Å². The third kappa shape index (κ3) is 4.96. The smallest absolute Gasteiger partial charge is 0.238 e. The molecule has 140 valence electrons. The third-order valence-electron chi connectivity index (χ3n) is 3.78. The number of hydrogen-bond donors (Lipinski definition) is 1. The Labute approximate surface area is 175 Å². The Morgan fingerprint density at radius 1 is 1.19 bits per heavy atom. The number of amidine groups is 1. The van der Waals surface area contributed by atoms with Crippen molar-refractivity contribution in [1.29, 1.82) is 0 Å². The van der Waals surface area contributed by atoms with Gasteiger partial charge in [-0.15, -0.1) is 0 Å². The van der Waals surface area contributed by atoms with Gasteiger partial charge in [0.1, 0.15) is 5.25 Å². The van der Waals surface area contributed by atoms with Gasteiger partial charge in [-0.05, 0) is 36.4 Å². The van der Waals surface area contributed by atoms with Crippen LogP contribution in [0.25, 0.3) is 0 Å². The summed E-state index contributed by atoms with van der Waals surface area (Å²) < 4.78 is 0. The highest BCUT2D eigenvalue weighted by molar-refractivity contribution is 8.15. The molecule has 1 N–H and O–H groups in total. The number of aliphatic imine (C=N–C) groups is 1. The number of nitrogens with zero attached hydrogens (tertiary/aromatic N) is 2. The Hall–Kier alpha value is -1.73. The second-order valence-corrected chi connectivity index (χ2v) is 8.18. The molecule has 0 aromatic heterocycles. The maximum Gasteiger partial charge on any atom is 0.238 e. The van der Waals surface area contributed by atoms with Gasteiger partial charge in [0.25, 0.3) is 0 Å². The van der Waals surface area contributed by atoms with Crippen LogP contribution in [0.2, 0.25) is 15.1 Å². The first-order valence-corrected chi connectivity index (χ1v) is 9.88. The summed E-state index contributed by atoms with van der Waals surface area (Å²) in [4.78, 5) is 30.8. The van der Waals surface area contributed by atoms with E-state index in [2.05, 4.69) is 10.3 Å².